The van der Waals surface area contributed by atoms with Gasteiger partial charge in [-0.05, 0) is 49.4 Å². The molecule has 0 aliphatic heterocycles. The molecule has 2 rings (SSSR count). The van der Waals surface area contributed by atoms with Gasteiger partial charge in [0.25, 0.3) is 5.91 Å². The largest absolute Gasteiger partial charge is 0.462 e. The van der Waals surface area contributed by atoms with Crippen LogP contribution in [0.2, 0.25) is 5.02 Å². The van der Waals surface area contributed by atoms with E-state index in [1.54, 1.807) is 6.92 Å². The zero-order chi connectivity index (χ0) is 16.1. The Hall–Kier alpha value is -2.40. The molecule has 0 heterocycles. The minimum absolute atomic E-state index is 0.193. The Morgan fingerprint density at radius 1 is 1.14 bits per heavy atom. The first kappa shape index (κ1) is 16.0. The molecule has 6 heteroatoms. The number of carbonyl (C=O) groups excluding carboxylic acids is 2. The third-order valence-corrected chi connectivity index (χ3v) is 2.99. The van der Waals surface area contributed by atoms with Crippen molar-refractivity contribution in [3.05, 3.63) is 64.4 Å². The number of esters is 1. The smallest absolute Gasteiger partial charge is 0.338 e. The van der Waals surface area contributed by atoms with Gasteiger partial charge < -0.3 is 10.1 Å². The van der Waals surface area contributed by atoms with Gasteiger partial charge in [-0.15, -0.1) is 0 Å². The molecule has 0 saturated carbocycles. The van der Waals surface area contributed by atoms with Crippen LogP contribution in [0.25, 0.3) is 0 Å². The molecule has 114 valence electrons. The van der Waals surface area contributed by atoms with Crippen LogP contribution in [0.3, 0.4) is 0 Å². The Labute approximate surface area is 131 Å². The number of rotatable bonds is 4. The highest BCUT2D eigenvalue weighted by Crippen LogP contribution is 2.18. The number of hydrogen-bond donors (Lipinski definition) is 1. The quantitative estimate of drug-likeness (QED) is 0.869. The standard InChI is InChI=1S/C16H13ClFNO3/c1-2-22-16(21)11-7-10(8-12(17)9-11)15(20)19-14-5-3-13(18)4-6-14/h3-9H,2H2,1H3,(H,19,20). The third-order valence-electron chi connectivity index (χ3n) is 2.77. The maximum absolute atomic E-state index is 12.8. The predicted molar refractivity (Wildman–Crippen MR) is 81.8 cm³/mol. The maximum atomic E-state index is 12.8. The van der Waals surface area contributed by atoms with Gasteiger partial charge in [-0.3, -0.25) is 4.79 Å². The predicted octanol–water partition coefficient (Wildman–Crippen LogP) is 3.91. The van der Waals surface area contributed by atoms with Crippen molar-refractivity contribution >= 4 is 29.2 Å². The molecule has 0 bridgehead atoms. The first-order valence-corrected chi connectivity index (χ1v) is 6.92. The molecular weight excluding hydrogens is 309 g/mol. The number of ether oxygens (including phenoxy) is 1. The van der Waals surface area contributed by atoms with Gasteiger partial charge in [0, 0.05) is 16.3 Å². The summed E-state index contributed by atoms with van der Waals surface area (Å²) in [5, 5.41) is 2.84. The molecule has 1 N–H and O–H groups in total. The Morgan fingerprint density at radius 3 is 2.41 bits per heavy atom. The lowest BCUT2D eigenvalue weighted by Crippen LogP contribution is -2.13. The van der Waals surface area contributed by atoms with E-state index in [-0.39, 0.29) is 22.8 Å². The molecule has 0 aliphatic rings. The minimum atomic E-state index is -0.555. The molecule has 2 aromatic rings. The number of nitrogens with one attached hydrogen (secondary N) is 1. The van der Waals surface area contributed by atoms with Gasteiger partial charge in [0.15, 0.2) is 0 Å². The first-order chi connectivity index (χ1) is 10.5. The van der Waals surface area contributed by atoms with Crippen molar-refractivity contribution in [3.8, 4) is 0 Å². The molecule has 2 aromatic carbocycles. The summed E-state index contributed by atoms with van der Waals surface area (Å²) in [6.45, 7) is 1.91. The van der Waals surface area contributed by atoms with Gasteiger partial charge in [-0.25, -0.2) is 9.18 Å². The normalized spacial score (nSPS) is 10.1. The van der Waals surface area contributed by atoms with E-state index in [0.29, 0.717) is 5.69 Å². The van der Waals surface area contributed by atoms with Crippen LogP contribution in [-0.4, -0.2) is 18.5 Å². The van der Waals surface area contributed by atoms with Crippen molar-refractivity contribution in [2.75, 3.05) is 11.9 Å². The topological polar surface area (TPSA) is 55.4 Å². The summed E-state index contributed by atoms with van der Waals surface area (Å²) in [4.78, 5) is 23.9. The lowest BCUT2D eigenvalue weighted by molar-refractivity contribution is 0.0526. The molecule has 0 atom stereocenters. The van der Waals surface area contributed by atoms with Crippen LogP contribution in [-0.2, 0) is 4.74 Å². The monoisotopic (exact) mass is 321 g/mol. The second-order valence-electron chi connectivity index (χ2n) is 4.41. The summed E-state index contributed by atoms with van der Waals surface area (Å²) in [6.07, 6.45) is 0. The molecule has 0 saturated heterocycles. The van der Waals surface area contributed by atoms with E-state index in [1.807, 2.05) is 0 Å². The van der Waals surface area contributed by atoms with E-state index < -0.39 is 17.7 Å². The van der Waals surface area contributed by atoms with Crippen LogP contribution in [0.1, 0.15) is 27.6 Å². The number of halogens is 2. The van der Waals surface area contributed by atoms with Crippen molar-refractivity contribution < 1.29 is 18.7 Å². The maximum Gasteiger partial charge on any atom is 0.338 e. The highest BCUT2D eigenvalue weighted by molar-refractivity contribution is 6.31. The summed E-state index contributed by atoms with van der Waals surface area (Å²) in [5.41, 5.74) is 0.836. The van der Waals surface area contributed by atoms with Crippen LogP contribution in [0.4, 0.5) is 10.1 Å². The molecular formula is C16H13ClFNO3. The third kappa shape index (κ3) is 4.05. The molecule has 0 unspecified atom stereocenters. The average Bonchev–Trinajstić information content (AvgIpc) is 2.49. The van der Waals surface area contributed by atoms with Crippen LogP contribution in [0.15, 0.2) is 42.5 Å². The summed E-state index contributed by atoms with van der Waals surface area (Å²) < 4.78 is 17.7. The molecule has 0 fully saturated rings. The Morgan fingerprint density at radius 2 is 1.77 bits per heavy atom. The second kappa shape index (κ2) is 7.04. The molecule has 22 heavy (non-hydrogen) atoms. The number of hydrogen-bond acceptors (Lipinski definition) is 3. The van der Waals surface area contributed by atoms with E-state index in [2.05, 4.69) is 5.32 Å². The number of carbonyl (C=O) groups is 2. The molecule has 0 spiro atoms. The fourth-order valence-electron chi connectivity index (χ4n) is 1.79. The number of anilines is 1. The summed E-state index contributed by atoms with van der Waals surface area (Å²) in [7, 11) is 0. The fourth-order valence-corrected chi connectivity index (χ4v) is 2.02. The average molecular weight is 322 g/mol. The van der Waals surface area contributed by atoms with Crippen LogP contribution >= 0.6 is 11.6 Å². The van der Waals surface area contributed by atoms with Crippen molar-refractivity contribution in [2.45, 2.75) is 6.92 Å². The molecule has 0 aliphatic carbocycles. The van der Waals surface area contributed by atoms with Crippen LogP contribution in [0.5, 0.6) is 0 Å². The van der Waals surface area contributed by atoms with Gasteiger partial charge in [-0.2, -0.15) is 0 Å². The van der Waals surface area contributed by atoms with Gasteiger partial charge >= 0.3 is 5.97 Å². The Kier molecular flexibility index (Phi) is 5.12. The van der Waals surface area contributed by atoms with Gasteiger partial charge in [0.1, 0.15) is 5.82 Å². The van der Waals surface area contributed by atoms with Gasteiger partial charge in [0.05, 0.1) is 12.2 Å². The molecule has 0 aromatic heterocycles. The van der Waals surface area contributed by atoms with Crippen LogP contribution in [0, 0.1) is 5.82 Å². The number of amides is 1. The van der Waals surface area contributed by atoms with Crippen molar-refractivity contribution in [1.82, 2.24) is 0 Å². The van der Waals surface area contributed by atoms with Crippen molar-refractivity contribution in [3.63, 3.8) is 0 Å². The van der Waals surface area contributed by atoms with Gasteiger partial charge in [0.2, 0.25) is 0 Å². The summed E-state index contributed by atoms with van der Waals surface area (Å²) in [5.74, 6) is -1.41. The summed E-state index contributed by atoms with van der Waals surface area (Å²) in [6, 6.07) is 9.59. The van der Waals surface area contributed by atoms with Crippen molar-refractivity contribution in [2.24, 2.45) is 0 Å². The first-order valence-electron chi connectivity index (χ1n) is 6.54. The highest BCUT2D eigenvalue weighted by Gasteiger charge is 2.13. The molecule has 1 amide bonds. The van der Waals surface area contributed by atoms with Crippen LogP contribution < -0.4 is 5.32 Å². The van der Waals surface area contributed by atoms with E-state index >= 15 is 0 Å². The van der Waals surface area contributed by atoms with E-state index in [1.165, 1.54) is 42.5 Å². The molecule has 4 nitrogen and oxygen atoms in total. The van der Waals surface area contributed by atoms with Gasteiger partial charge in [-0.1, -0.05) is 11.6 Å². The zero-order valence-electron chi connectivity index (χ0n) is 11.7. The lowest BCUT2D eigenvalue weighted by Gasteiger charge is -2.08. The fraction of sp³-hybridized carbons (Fsp3) is 0.125. The van der Waals surface area contributed by atoms with Crippen molar-refractivity contribution in [1.29, 1.82) is 0 Å². The molecule has 0 radical (unpaired) electrons. The highest BCUT2D eigenvalue weighted by atomic mass is 35.5. The Balaban J connectivity index is 2.22. The summed E-state index contributed by atoms with van der Waals surface area (Å²) >= 11 is 5.92. The number of benzene rings is 2. The van der Waals surface area contributed by atoms with E-state index in [4.69, 9.17) is 16.3 Å². The van der Waals surface area contributed by atoms with E-state index in [0.717, 1.165) is 0 Å². The lowest BCUT2D eigenvalue weighted by atomic mass is 10.1. The Bertz CT molecular complexity index is 701. The zero-order valence-corrected chi connectivity index (χ0v) is 12.5. The minimum Gasteiger partial charge on any atom is -0.462 e. The van der Waals surface area contributed by atoms with E-state index in [9.17, 15) is 14.0 Å². The SMILES string of the molecule is CCOC(=O)c1cc(Cl)cc(C(=O)Nc2ccc(F)cc2)c1. The second-order valence-corrected chi connectivity index (χ2v) is 4.85.